The van der Waals surface area contributed by atoms with Crippen LogP contribution in [0.4, 0.5) is 0 Å². The molecule has 0 radical (unpaired) electrons. The third-order valence-electron chi connectivity index (χ3n) is 4.73. The lowest BCUT2D eigenvalue weighted by Crippen LogP contribution is -2.10. The van der Waals surface area contributed by atoms with Gasteiger partial charge in [0.05, 0.1) is 0 Å². The highest BCUT2D eigenvalue weighted by atomic mass is 35.5. The van der Waals surface area contributed by atoms with Crippen molar-refractivity contribution >= 4 is 17.7 Å². The first-order valence-corrected chi connectivity index (χ1v) is 8.17. The van der Waals surface area contributed by atoms with Crippen LogP contribution in [0.2, 0.25) is 0 Å². The minimum atomic E-state index is 0.639. The Balaban J connectivity index is 1.72. The second kappa shape index (κ2) is 5.75. The number of furan rings is 1. The molecule has 0 spiro atoms. The number of rotatable bonds is 4. The molecule has 2 saturated carbocycles. The normalized spacial score (nSPS) is 28.6. The zero-order chi connectivity index (χ0) is 13.2. The van der Waals surface area contributed by atoms with Crippen LogP contribution in [0.3, 0.4) is 0 Å². The van der Waals surface area contributed by atoms with Crippen LogP contribution in [0.15, 0.2) is 22.1 Å². The average Bonchev–Trinajstić information content (AvgIpc) is 3.00. The van der Waals surface area contributed by atoms with Gasteiger partial charge in [-0.05, 0) is 54.9 Å². The smallest absolute Gasteiger partial charge is 0.127 e. The molecule has 2 heteroatoms. The Morgan fingerprint density at radius 1 is 1.32 bits per heavy atom. The number of hydrogen-bond acceptors (Lipinski definition) is 1. The van der Waals surface area contributed by atoms with Crippen LogP contribution in [-0.4, -0.2) is 5.88 Å². The summed E-state index contributed by atoms with van der Waals surface area (Å²) in [6, 6.07) is 4.25. The predicted molar refractivity (Wildman–Crippen MR) is 80.5 cm³/mol. The van der Waals surface area contributed by atoms with Crippen molar-refractivity contribution in [3.8, 4) is 0 Å². The van der Waals surface area contributed by atoms with Crippen molar-refractivity contribution in [2.75, 3.05) is 5.88 Å². The van der Waals surface area contributed by atoms with E-state index in [9.17, 15) is 0 Å². The van der Waals surface area contributed by atoms with Crippen LogP contribution in [0.5, 0.6) is 0 Å². The van der Waals surface area contributed by atoms with Gasteiger partial charge in [0.15, 0.2) is 0 Å². The SMILES string of the molecule is CC1CC1c1ccc(C=C(CCl)C2CCCCC2)o1. The fourth-order valence-electron chi connectivity index (χ4n) is 3.29. The molecule has 2 aliphatic rings. The fraction of sp³-hybridized carbons (Fsp3) is 0.647. The molecule has 0 saturated heterocycles. The van der Waals surface area contributed by atoms with Crippen molar-refractivity contribution in [3.05, 3.63) is 29.2 Å². The third kappa shape index (κ3) is 3.08. The third-order valence-corrected chi connectivity index (χ3v) is 5.04. The number of allylic oxidation sites excluding steroid dienone is 1. The van der Waals surface area contributed by atoms with Crippen molar-refractivity contribution in [1.29, 1.82) is 0 Å². The molecule has 1 aromatic heterocycles. The predicted octanol–water partition coefficient (Wildman–Crippen LogP) is 5.61. The monoisotopic (exact) mass is 278 g/mol. The van der Waals surface area contributed by atoms with Crippen LogP contribution < -0.4 is 0 Å². The summed E-state index contributed by atoms with van der Waals surface area (Å²) in [5.41, 5.74) is 1.37. The summed E-state index contributed by atoms with van der Waals surface area (Å²) in [5, 5.41) is 0. The lowest BCUT2D eigenvalue weighted by Gasteiger charge is -2.23. The Bertz CT molecular complexity index is 454. The molecule has 2 atom stereocenters. The highest BCUT2D eigenvalue weighted by Gasteiger charge is 2.36. The highest BCUT2D eigenvalue weighted by molar-refractivity contribution is 6.19. The van der Waals surface area contributed by atoms with Crippen molar-refractivity contribution in [2.24, 2.45) is 11.8 Å². The summed E-state index contributed by atoms with van der Waals surface area (Å²) >= 11 is 6.15. The Hall–Kier alpha value is -0.690. The van der Waals surface area contributed by atoms with Gasteiger partial charge in [-0.1, -0.05) is 26.2 Å². The lowest BCUT2D eigenvalue weighted by molar-refractivity contribution is 0.404. The van der Waals surface area contributed by atoms with E-state index in [1.807, 2.05) is 0 Å². The van der Waals surface area contributed by atoms with Crippen molar-refractivity contribution in [2.45, 2.75) is 51.4 Å². The molecule has 0 N–H and O–H groups in total. The fourth-order valence-corrected chi connectivity index (χ4v) is 3.58. The first kappa shape index (κ1) is 13.3. The van der Waals surface area contributed by atoms with Crippen LogP contribution in [0.25, 0.3) is 6.08 Å². The maximum atomic E-state index is 6.15. The molecular weight excluding hydrogens is 256 g/mol. The maximum absolute atomic E-state index is 6.15. The second-order valence-corrected chi connectivity index (χ2v) is 6.51. The van der Waals surface area contributed by atoms with Crippen LogP contribution in [0.1, 0.15) is 62.9 Å². The molecule has 2 aliphatic carbocycles. The Kier molecular flexibility index (Phi) is 4.02. The molecule has 0 amide bonds. The van der Waals surface area contributed by atoms with E-state index in [4.69, 9.17) is 16.0 Å². The minimum absolute atomic E-state index is 0.639. The van der Waals surface area contributed by atoms with Crippen LogP contribution in [0, 0.1) is 11.8 Å². The van der Waals surface area contributed by atoms with Gasteiger partial charge < -0.3 is 4.42 Å². The molecule has 0 bridgehead atoms. The second-order valence-electron chi connectivity index (χ2n) is 6.25. The zero-order valence-corrected chi connectivity index (χ0v) is 12.5. The molecule has 3 rings (SSSR count). The van der Waals surface area contributed by atoms with Gasteiger partial charge in [0.1, 0.15) is 11.5 Å². The first-order valence-electron chi connectivity index (χ1n) is 7.64. The van der Waals surface area contributed by atoms with E-state index in [2.05, 4.69) is 25.1 Å². The van der Waals surface area contributed by atoms with E-state index >= 15 is 0 Å². The Morgan fingerprint density at radius 2 is 2.05 bits per heavy atom. The van der Waals surface area contributed by atoms with Crippen molar-refractivity contribution in [1.82, 2.24) is 0 Å². The van der Waals surface area contributed by atoms with Gasteiger partial charge in [-0.15, -0.1) is 11.6 Å². The van der Waals surface area contributed by atoms with Gasteiger partial charge in [0.25, 0.3) is 0 Å². The number of halogens is 1. The Labute approximate surface area is 121 Å². The summed E-state index contributed by atoms with van der Waals surface area (Å²) in [5.74, 6) is 4.94. The lowest BCUT2D eigenvalue weighted by atomic mass is 9.84. The first-order chi connectivity index (χ1) is 9.28. The summed E-state index contributed by atoms with van der Waals surface area (Å²) in [4.78, 5) is 0. The van der Waals surface area contributed by atoms with E-state index in [0.29, 0.717) is 17.7 Å². The standard InChI is InChI=1S/C17H23ClO/c1-12-9-16(12)17-8-7-15(19-17)10-14(11-18)13-5-3-2-4-6-13/h7-8,10,12-13,16H,2-6,9,11H2,1H3. The van der Waals surface area contributed by atoms with Gasteiger partial charge >= 0.3 is 0 Å². The van der Waals surface area contributed by atoms with E-state index < -0.39 is 0 Å². The maximum Gasteiger partial charge on any atom is 0.127 e. The minimum Gasteiger partial charge on any atom is -0.461 e. The molecule has 1 heterocycles. The zero-order valence-electron chi connectivity index (χ0n) is 11.7. The van der Waals surface area contributed by atoms with Gasteiger partial charge in [0.2, 0.25) is 0 Å². The molecule has 1 nitrogen and oxygen atoms in total. The van der Waals surface area contributed by atoms with Gasteiger partial charge in [-0.3, -0.25) is 0 Å². The largest absolute Gasteiger partial charge is 0.461 e. The Morgan fingerprint density at radius 3 is 2.68 bits per heavy atom. The summed E-state index contributed by atoms with van der Waals surface area (Å²) in [6.07, 6.45) is 10.2. The molecule has 19 heavy (non-hydrogen) atoms. The molecule has 0 aliphatic heterocycles. The van der Waals surface area contributed by atoms with Crippen molar-refractivity contribution < 1.29 is 4.42 Å². The molecular formula is C17H23ClO. The molecule has 2 fully saturated rings. The number of alkyl halides is 1. The van der Waals surface area contributed by atoms with Gasteiger partial charge in [0, 0.05) is 11.8 Å². The van der Waals surface area contributed by atoms with E-state index in [1.165, 1.54) is 44.1 Å². The van der Waals surface area contributed by atoms with E-state index in [0.717, 1.165) is 17.4 Å². The topological polar surface area (TPSA) is 13.1 Å². The summed E-state index contributed by atoms with van der Waals surface area (Å²) in [7, 11) is 0. The molecule has 2 unspecified atom stereocenters. The molecule has 0 aromatic carbocycles. The number of hydrogen-bond donors (Lipinski definition) is 0. The summed E-state index contributed by atoms with van der Waals surface area (Å²) < 4.78 is 5.97. The average molecular weight is 279 g/mol. The van der Waals surface area contributed by atoms with Gasteiger partial charge in [-0.2, -0.15) is 0 Å². The quantitative estimate of drug-likeness (QED) is 0.653. The van der Waals surface area contributed by atoms with Crippen LogP contribution >= 0.6 is 11.6 Å². The summed E-state index contributed by atoms with van der Waals surface area (Å²) in [6.45, 7) is 2.29. The van der Waals surface area contributed by atoms with E-state index in [1.54, 1.807) is 0 Å². The molecule has 1 aromatic rings. The van der Waals surface area contributed by atoms with E-state index in [-0.39, 0.29) is 0 Å². The van der Waals surface area contributed by atoms with Crippen molar-refractivity contribution in [3.63, 3.8) is 0 Å². The highest BCUT2D eigenvalue weighted by Crippen LogP contribution is 2.47. The van der Waals surface area contributed by atoms with Gasteiger partial charge in [-0.25, -0.2) is 0 Å². The molecule has 104 valence electrons. The van der Waals surface area contributed by atoms with Crippen LogP contribution in [-0.2, 0) is 0 Å².